The maximum absolute atomic E-state index is 13.0. The molecule has 21 heavy (non-hydrogen) atoms. The molecule has 1 atom stereocenters. The highest BCUT2D eigenvalue weighted by Crippen LogP contribution is 2.12. The summed E-state index contributed by atoms with van der Waals surface area (Å²) in [5, 5.41) is 21.4. The number of hydrogen-bond acceptors (Lipinski definition) is 4. The largest absolute Gasteiger partial charge is 0.491 e. The van der Waals surface area contributed by atoms with E-state index < -0.39 is 6.10 Å². The van der Waals surface area contributed by atoms with Gasteiger partial charge in [0.25, 0.3) is 0 Å². The van der Waals surface area contributed by atoms with Crippen molar-refractivity contribution < 1.29 is 14.2 Å². The third kappa shape index (κ3) is 4.79. The Balaban J connectivity index is 1.76. The first-order valence-electron chi connectivity index (χ1n) is 6.48. The van der Waals surface area contributed by atoms with E-state index in [1.165, 1.54) is 12.1 Å². The Morgan fingerprint density at radius 3 is 2.67 bits per heavy atom. The zero-order chi connectivity index (χ0) is 15.1. The molecule has 0 aliphatic heterocycles. The van der Waals surface area contributed by atoms with Gasteiger partial charge in [-0.15, -0.1) is 0 Å². The Hall–Kier alpha value is -2.58. The van der Waals surface area contributed by atoms with Crippen molar-refractivity contribution in [2.45, 2.75) is 6.10 Å². The van der Waals surface area contributed by atoms with Crippen LogP contribution in [0.3, 0.4) is 0 Å². The molecule has 0 spiro atoms. The van der Waals surface area contributed by atoms with E-state index in [0.29, 0.717) is 17.0 Å². The highest BCUT2D eigenvalue weighted by Gasteiger charge is 2.05. The van der Waals surface area contributed by atoms with Crippen molar-refractivity contribution >= 4 is 5.69 Å². The summed E-state index contributed by atoms with van der Waals surface area (Å²) in [7, 11) is 0. The number of nitriles is 1. The van der Waals surface area contributed by atoms with Crippen molar-refractivity contribution in [1.82, 2.24) is 0 Å². The molecule has 0 aromatic heterocycles. The Kier molecular flexibility index (Phi) is 5.13. The van der Waals surface area contributed by atoms with E-state index in [1.807, 2.05) is 6.07 Å². The first-order valence-corrected chi connectivity index (χ1v) is 6.48. The van der Waals surface area contributed by atoms with Gasteiger partial charge in [0.1, 0.15) is 24.3 Å². The van der Waals surface area contributed by atoms with Gasteiger partial charge >= 0.3 is 0 Å². The van der Waals surface area contributed by atoms with Crippen LogP contribution in [-0.2, 0) is 0 Å². The number of hydrogen-bond donors (Lipinski definition) is 2. The molecule has 0 radical (unpaired) electrons. The second-order valence-electron chi connectivity index (χ2n) is 4.49. The van der Waals surface area contributed by atoms with Crippen molar-refractivity contribution in [1.29, 1.82) is 5.26 Å². The second kappa shape index (κ2) is 7.27. The number of nitrogens with one attached hydrogen (secondary N) is 1. The fourth-order valence-corrected chi connectivity index (χ4v) is 1.71. The Bertz CT molecular complexity index is 623. The zero-order valence-corrected chi connectivity index (χ0v) is 11.3. The maximum Gasteiger partial charge on any atom is 0.125 e. The highest BCUT2D eigenvalue weighted by molar-refractivity contribution is 5.43. The lowest BCUT2D eigenvalue weighted by atomic mass is 10.2. The minimum atomic E-state index is -0.732. The summed E-state index contributed by atoms with van der Waals surface area (Å²) >= 11 is 0. The molecule has 0 aliphatic carbocycles. The fraction of sp³-hybridized carbons (Fsp3) is 0.188. The summed E-state index contributed by atoms with van der Waals surface area (Å²) in [6.07, 6.45) is -0.732. The number of ether oxygens (including phenoxy) is 1. The number of aliphatic hydroxyl groups excluding tert-OH is 1. The fourth-order valence-electron chi connectivity index (χ4n) is 1.71. The summed E-state index contributed by atoms with van der Waals surface area (Å²) in [6, 6.07) is 14.7. The summed E-state index contributed by atoms with van der Waals surface area (Å²) in [5.74, 6) is 0.252. The number of aliphatic hydroxyl groups is 1. The molecule has 0 heterocycles. The second-order valence-corrected chi connectivity index (χ2v) is 4.49. The van der Waals surface area contributed by atoms with E-state index in [1.54, 1.807) is 36.4 Å². The van der Waals surface area contributed by atoms with Gasteiger partial charge in [-0.05, 0) is 42.5 Å². The van der Waals surface area contributed by atoms with Gasteiger partial charge in [-0.25, -0.2) is 4.39 Å². The van der Waals surface area contributed by atoms with Crippen LogP contribution < -0.4 is 10.1 Å². The normalized spacial score (nSPS) is 11.5. The van der Waals surface area contributed by atoms with E-state index >= 15 is 0 Å². The minimum Gasteiger partial charge on any atom is -0.491 e. The van der Waals surface area contributed by atoms with E-state index in [9.17, 15) is 9.50 Å². The standard InChI is InChI=1S/C16H15FN2O2/c17-13-2-1-3-14(8-13)19-10-15(20)11-21-16-6-4-12(9-18)5-7-16/h1-8,15,19-20H,10-11H2. The maximum atomic E-state index is 13.0. The van der Waals surface area contributed by atoms with Crippen molar-refractivity contribution in [2.75, 3.05) is 18.5 Å². The number of halogens is 1. The smallest absolute Gasteiger partial charge is 0.125 e. The number of nitrogens with zero attached hydrogens (tertiary/aromatic N) is 1. The van der Waals surface area contributed by atoms with E-state index in [-0.39, 0.29) is 19.0 Å². The lowest BCUT2D eigenvalue weighted by Gasteiger charge is -2.14. The van der Waals surface area contributed by atoms with Crippen LogP contribution in [0.4, 0.5) is 10.1 Å². The van der Waals surface area contributed by atoms with Crippen LogP contribution in [0.1, 0.15) is 5.56 Å². The molecule has 2 N–H and O–H groups in total. The van der Waals surface area contributed by atoms with E-state index in [0.717, 1.165) is 0 Å². The van der Waals surface area contributed by atoms with Gasteiger partial charge in [0, 0.05) is 12.2 Å². The molecule has 0 saturated carbocycles. The van der Waals surface area contributed by atoms with Crippen molar-refractivity contribution in [3.63, 3.8) is 0 Å². The van der Waals surface area contributed by atoms with Gasteiger partial charge in [-0.1, -0.05) is 6.07 Å². The number of rotatable bonds is 6. The van der Waals surface area contributed by atoms with Crippen LogP contribution in [-0.4, -0.2) is 24.4 Å². The van der Waals surface area contributed by atoms with Gasteiger partial charge in [-0.3, -0.25) is 0 Å². The van der Waals surface area contributed by atoms with E-state index in [2.05, 4.69) is 5.32 Å². The predicted molar refractivity (Wildman–Crippen MR) is 77.5 cm³/mol. The van der Waals surface area contributed by atoms with Gasteiger partial charge in [0.15, 0.2) is 0 Å². The quantitative estimate of drug-likeness (QED) is 0.856. The molecular formula is C16H15FN2O2. The molecule has 0 bridgehead atoms. The average molecular weight is 286 g/mol. The van der Waals surface area contributed by atoms with Gasteiger partial charge < -0.3 is 15.2 Å². The van der Waals surface area contributed by atoms with Crippen molar-refractivity contribution in [3.05, 3.63) is 59.9 Å². The third-order valence-electron chi connectivity index (χ3n) is 2.79. The molecule has 0 amide bonds. The first-order chi connectivity index (χ1) is 10.2. The molecule has 0 fully saturated rings. The topological polar surface area (TPSA) is 65.3 Å². The van der Waals surface area contributed by atoms with Gasteiger partial charge in [0.2, 0.25) is 0 Å². The minimum absolute atomic E-state index is 0.105. The Labute approximate surface area is 122 Å². The summed E-state index contributed by atoms with van der Waals surface area (Å²) in [6.45, 7) is 0.355. The summed E-state index contributed by atoms with van der Waals surface area (Å²) < 4.78 is 18.4. The van der Waals surface area contributed by atoms with Crippen LogP contribution in [0.15, 0.2) is 48.5 Å². The van der Waals surface area contributed by atoms with Crippen molar-refractivity contribution in [3.8, 4) is 11.8 Å². The summed E-state index contributed by atoms with van der Waals surface area (Å²) in [4.78, 5) is 0. The molecule has 0 aliphatic rings. The lowest BCUT2D eigenvalue weighted by molar-refractivity contribution is 0.117. The molecular weight excluding hydrogens is 271 g/mol. The van der Waals surface area contributed by atoms with Crippen LogP contribution in [0.2, 0.25) is 0 Å². The van der Waals surface area contributed by atoms with Crippen LogP contribution >= 0.6 is 0 Å². The van der Waals surface area contributed by atoms with Crippen LogP contribution in [0.25, 0.3) is 0 Å². The molecule has 108 valence electrons. The Morgan fingerprint density at radius 2 is 2.00 bits per heavy atom. The Morgan fingerprint density at radius 1 is 1.24 bits per heavy atom. The molecule has 2 aromatic carbocycles. The van der Waals surface area contributed by atoms with Gasteiger partial charge in [-0.2, -0.15) is 5.26 Å². The van der Waals surface area contributed by atoms with Crippen molar-refractivity contribution in [2.24, 2.45) is 0 Å². The van der Waals surface area contributed by atoms with Crippen LogP contribution in [0.5, 0.6) is 5.75 Å². The van der Waals surface area contributed by atoms with Crippen LogP contribution in [0, 0.1) is 17.1 Å². The molecule has 4 nitrogen and oxygen atoms in total. The SMILES string of the molecule is N#Cc1ccc(OCC(O)CNc2cccc(F)c2)cc1. The monoisotopic (exact) mass is 286 g/mol. The average Bonchev–Trinajstić information content (AvgIpc) is 2.51. The van der Waals surface area contributed by atoms with Gasteiger partial charge in [0.05, 0.1) is 11.6 Å². The first kappa shape index (κ1) is 14.8. The molecule has 2 aromatic rings. The molecule has 0 saturated heterocycles. The van der Waals surface area contributed by atoms with E-state index in [4.69, 9.17) is 10.00 Å². The predicted octanol–water partition coefficient (Wildman–Crippen LogP) is 2.55. The number of anilines is 1. The number of benzene rings is 2. The molecule has 2 rings (SSSR count). The zero-order valence-electron chi connectivity index (χ0n) is 11.3. The summed E-state index contributed by atoms with van der Waals surface area (Å²) in [5.41, 5.74) is 1.16. The lowest BCUT2D eigenvalue weighted by Crippen LogP contribution is -2.26. The molecule has 1 unspecified atom stereocenters. The highest BCUT2D eigenvalue weighted by atomic mass is 19.1. The third-order valence-corrected chi connectivity index (χ3v) is 2.79. The molecule has 5 heteroatoms.